The largest absolute Gasteiger partial charge is 0.343 e. The standard InChI is InChI=1S/C9H13BrNO3P/c1-11-6-7-2-4-8(5-3-7)9(10)15(12,13)14/h2-5,9,11H,6H2,1H3,(H2,12,13,14). The van der Waals surface area contributed by atoms with Gasteiger partial charge in [-0.2, -0.15) is 0 Å². The van der Waals surface area contributed by atoms with Crippen LogP contribution in [0.2, 0.25) is 0 Å². The maximum absolute atomic E-state index is 11.0. The molecule has 0 aliphatic heterocycles. The maximum atomic E-state index is 11.0. The normalized spacial score (nSPS) is 13.9. The second-order valence-corrected chi connectivity index (χ2v) is 6.51. The zero-order valence-corrected chi connectivity index (χ0v) is 10.7. The van der Waals surface area contributed by atoms with E-state index in [-0.39, 0.29) is 0 Å². The summed E-state index contributed by atoms with van der Waals surface area (Å²) in [7, 11) is -2.26. The van der Waals surface area contributed by atoms with Crippen molar-refractivity contribution in [1.82, 2.24) is 5.32 Å². The number of rotatable bonds is 4. The number of alkyl halides is 1. The molecule has 0 fully saturated rings. The molecule has 0 aliphatic carbocycles. The van der Waals surface area contributed by atoms with Crippen LogP contribution in [-0.2, 0) is 11.1 Å². The summed E-state index contributed by atoms with van der Waals surface area (Å²) in [4.78, 5) is 17.9. The van der Waals surface area contributed by atoms with Crippen LogP contribution >= 0.6 is 23.5 Å². The van der Waals surface area contributed by atoms with E-state index in [1.807, 2.05) is 19.2 Å². The quantitative estimate of drug-likeness (QED) is 0.586. The van der Waals surface area contributed by atoms with E-state index in [1.165, 1.54) is 0 Å². The third-order valence-corrected chi connectivity index (χ3v) is 4.95. The van der Waals surface area contributed by atoms with Gasteiger partial charge in [0.2, 0.25) is 0 Å². The van der Waals surface area contributed by atoms with Crippen molar-refractivity contribution in [2.24, 2.45) is 0 Å². The first kappa shape index (κ1) is 12.9. The minimum absolute atomic E-state index is 0.586. The highest BCUT2D eigenvalue weighted by Gasteiger charge is 2.27. The molecular formula is C9H13BrNO3P. The van der Waals surface area contributed by atoms with Gasteiger partial charge in [0.25, 0.3) is 0 Å². The van der Waals surface area contributed by atoms with Crippen molar-refractivity contribution in [2.75, 3.05) is 7.05 Å². The van der Waals surface area contributed by atoms with Crippen molar-refractivity contribution < 1.29 is 14.4 Å². The van der Waals surface area contributed by atoms with Crippen molar-refractivity contribution >= 4 is 23.5 Å². The first-order valence-corrected chi connectivity index (χ1v) is 6.97. The minimum Gasteiger partial charge on any atom is -0.323 e. The molecule has 0 bridgehead atoms. The lowest BCUT2D eigenvalue weighted by Crippen LogP contribution is -2.04. The van der Waals surface area contributed by atoms with E-state index in [1.54, 1.807) is 12.1 Å². The second kappa shape index (κ2) is 5.23. The van der Waals surface area contributed by atoms with Gasteiger partial charge in [0.15, 0.2) is 0 Å². The van der Waals surface area contributed by atoms with E-state index in [4.69, 9.17) is 9.79 Å². The Balaban J connectivity index is 2.84. The lowest BCUT2D eigenvalue weighted by Gasteiger charge is -2.12. The predicted molar refractivity (Wildman–Crippen MR) is 62.9 cm³/mol. The molecule has 3 N–H and O–H groups in total. The fourth-order valence-corrected chi connectivity index (χ4v) is 2.06. The van der Waals surface area contributed by atoms with Crippen molar-refractivity contribution in [3.8, 4) is 0 Å². The highest BCUT2D eigenvalue weighted by Crippen LogP contribution is 2.55. The van der Waals surface area contributed by atoms with Gasteiger partial charge in [0.1, 0.15) is 4.57 Å². The van der Waals surface area contributed by atoms with Gasteiger partial charge in [-0.15, -0.1) is 0 Å². The van der Waals surface area contributed by atoms with Crippen LogP contribution in [0.1, 0.15) is 15.7 Å². The Bertz CT molecular complexity index is 362. The molecule has 15 heavy (non-hydrogen) atoms. The Hall–Kier alpha value is -0.190. The van der Waals surface area contributed by atoms with Crippen molar-refractivity contribution in [3.05, 3.63) is 35.4 Å². The van der Waals surface area contributed by atoms with Gasteiger partial charge < -0.3 is 15.1 Å². The summed E-state index contributed by atoms with van der Waals surface area (Å²) >= 11 is 2.99. The van der Waals surface area contributed by atoms with Gasteiger partial charge in [-0.1, -0.05) is 40.2 Å². The lowest BCUT2D eigenvalue weighted by atomic mass is 10.1. The summed E-state index contributed by atoms with van der Waals surface area (Å²) < 4.78 is 10.1. The van der Waals surface area contributed by atoms with Crippen LogP contribution in [0.25, 0.3) is 0 Å². The molecule has 1 aromatic rings. The molecule has 0 saturated heterocycles. The van der Waals surface area contributed by atoms with Crippen LogP contribution in [-0.4, -0.2) is 16.8 Å². The smallest absolute Gasteiger partial charge is 0.323 e. The van der Waals surface area contributed by atoms with Gasteiger partial charge >= 0.3 is 7.60 Å². The maximum Gasteiger partial charge on any atom is 0.343 e. The monoisotopic (exact) mass is 293 g/mol. The molecule has 0 saturated carbocycles. The molecule has 0 aliphatic rings. The van der Waals surface area contributed by atoms with Crippen LogP contribution in [0.3, 0.4) is 0 Å². The summed E-state index contributed by atoms with van der Waals surface area (Å²) in [6.45, 7) is 0.739. The van der Waals surface area contributed by atoms with E-state index >= 15 is 0 Å². The number of hydrogen-bond donors (Lipinski definition) is 3. The third-order valence-electron chi connectivity index (χ3n) is 1.93. The summed E-state index contributed by atoms with van der Waals surface area (Å²) in [5, 5.41) is 3.00. The molecule has 0 amide bonds. The molecule has 0 aromatic heterocycles. The topological polar surface area (TPSA) is 69.6 Å². The molecular weight excluding hydrogens is 281 g/mol. The first-order valence-electron chi connectivity index (χ1n) is 4.38. The van der Waals surface area contributed by atoms with E-state index in [0.29, 0.717) is 5.56 Å². The van der Waals surface area contributed by atoms with Gasteiger partial charge in [-0.05, 0) is 18.2 Å². The lowest BCUT2D eigenvalue weighted by molar-refractivity contribution is 0.371. The van der Waals surface area contributed by atoms with Crippen molar-refractivity contribution in [3.63, 3.8) is 0 Å². The molecule has 0 heterocycles. The molecule has 0 spiro atoms. The number of halogens is 1. The highest BCUT2D eigenvalue weighted by atomic mass is 79.9. The Labute approximate surface area is 97.0 Å². The number of hydrogen-bond acceptors (Lipinski definition) is 2. The van der Waals surface area contributed by atoms with Gasteiger partial charge in [-0.25, -0.2) is 0 Å². The van der Waals surface area contributed by atoms with E-state index < -0.39 is 12.2 Å². The van der Waals surface area contributed by atoms with E-state index in [0.717, 1.165) is 12.1 Å². The van der Waals surface area contributed by atoms with Crippen LogP contribution in [0.4, 0.5) is 0 Å². The van der Waals surface area contributed by atoms with Crippen LogP contribution in [0, 0.1) is 0 Å². The van der Waals surface area contributed by atoms with E-state index in [9.17, 15) is 4.57 Å². The Morgan fingerprint density at radius 2 is 1.93 bits per heavy atom. The summed E-state index contributed by atoms with van der Waals surface area (Å²) in [6.07, 6.45) is 0. The summed E-state index contributed by atoms with van der Waals surface area (Å²) in [6, 6.07) is 7.11. The zero-order chi connectivity index (χ0) is 11.5. The van der Waals surface area contributed by atoms with Crippen molar-refractivity contribution in [1.29, 1.82) is 0 Å². The molecule has 0 radical (unpaired) electrons. The summed E-state index contributed by atoms with van der Waals surface area (Å²) in [5.41, 5.74) is 1.66. The molecule has 1 rings (SSSR count). The molecule has 84 valence electrons. The Morgan fingerprint density at radius 1 is 1.40 bits per heavy atom. The van der Waals surface area contributed by atoms with Crippen LogP contribution in [0.5, 0.6) is 0 Å². The molecule has 1 aromatic carbocycles. The molecule has 1 unspecified atom stereocenters. The van der Waals surface area contributed by atoms with Crippen LogP contribution < -0.4 is 5.32 Å². The Kier molecular flexibility index (Phi) is 4.49. The van der Waals surface area contributed by atoms with Crippen LogP contribution in [0.15, 0.2) is 24.3 Å². The summed E-state index contributed by atoms with van der Waals surface area (Å²) in [5.74, 6) is 0. The molecule has 6 heteroatoms. The van der Waals surface area contributed by atoms with Gasteiger partial charge in [0.05, 0.1) is 0 Å². The van der Waals surface area contributed by atoms with Crippen molar-refractivity contribution in [2.45, 2.75) is 11.1 Å². The molecule has 4 nitrogen and oxygen atoms in total. The van der Waals surface area contributed by atoms with E-state index in [2.05, 4.69) is 21.2 Å². The predicted octanol–water partition coefficient (Wildman–Crippen LogP) is 1.98. The fraction of sp³-hybridized carbons (Fsp3) is 0.333. The zero-order valence-electron chi connectivity index (χ0n) is 8.22. The average Bonchev–Trinajstić information content (AvgIpc) is 2.17. The number of benzene rings is 1. The van der Waals surface area contributed by atoms with Gasteiger partial charge in [-0.3, -0.25) is 4.57 Å². The number of nitrogens with one attached hydrogen (secondary N) is 1. The highest BCUT2D eigenvalue weighted by molar-refractivity contribution is 9.10. The Morgan fingerprint density at radius 3 is 2.33 bits per heavy atom. The SMILES string of the molecule is CNCc1ccc(C(Br)P(=O)(O)O)cc1. The molecule has 1 atom stereocenters. The average molecular weight is 294 g/mol. The minimum atomic E-state index is -4.11. The van der Waals surface area contributed by atoms with Gasteiger partial charge in [0, 0.05) is 6.54 Å². The fourth-order valence-electron chi connectivity index (χ4n) is 1.19. The second-order valence-electron chi connectivity index (χ2n) is 3.20. The first-order chi connectivity index (χ1) is 6.95. The third kappa shape index (κ3) is 3.70.